The van der Waals surface area contributed by atoms with E-state index < -0.39 is 5.92 Å². The Bertz CT molecular complexity index is 714. The zero-order valence-electron chi connectivity index (χ0n) is 14.5. The quantitative estimate of drug-likeness (QED) is 0.841. The lowest BCUT2D eigenvalue weighted by Gasteiger charge is -2.27. The number of alkyl halides is 2. The zero-order valence-corrected chi connectivity index (χ0v) is 14.5. The topological polar surface area (TPSA) is 43.6 Å². The van der Waals surface area contributed by atoms with Gasteiger partial charge in [-0.2, -0.15) is 5.10 Å². The van der Waals surface area contributed by atoms with Crippen molar-refractivity contribution in [1.82, 2.24) is 19.7 Å². The fourth-order valence-electron chi connectivity index (χ4n) is 3.34. The Labute approximate surface area is 141 Å². The number of aromatic nitrogens is 4. The molecule has 0 amide bonds. The maximum Gasteiger partial charge on any atom is 0.248 e. The molecule has 0 spiro atoms. The van der Waals surface area contributed by atoms with E-state index in [1.807, 2.05) is 30.7 Å². The Hall–Kier alpha value is -1.85. The van der Waals surface area contributed by atoms with Gasteiger partial charge in [-0.25, -0.2) is 23.4 Å². The molecule has 2 heterocycles. The SMILES string of the molecule is CCc1cc(-n2nc(C)cc2C)nc(CC2CCC(F)(F)CC2)n1. The molecule has 2 aromatic rings. The summed E-state index contributed by atoms with van der Waals surface area (Å²) < 4.78 is 28.5. The summed E-state index contributed by atoms with van der Waals surface area (Å²) >= 11 is 0. The molecule has 4 nitrogen and oxygen atoms in total. The predicted molar refractivity (Wildman–Crippen MR) is 88.6 cm³/mol. The van der Waals surface area contributed by atoms with Gasteiger partial charge in [0.05, 0.1) is 5.69 Å². The Kier molecular flexibility index (Phi) is 4.65. The molecule has 1 aliphatic rings. The number of aryl methyl sites for hydroxylation is 3. The second kappa shape index (κ2) is 6.57. The lowest BCUT2D eigenvalue weighted by Crippen LogP contribution is -2.26. The van der Waals surface area contributed by atoms with E-state index in [0.717, 1.165) is 35.1 Å². The molecule has 0 radical (unpaired) electrons. The fourth-order valence-corrected chi connectivity index (χ4v) is 3.34. The van der Waals surface area contributed by atoms with E-state index in [0.29, 0.717) is 19.3 Å². The van der Waals surface area contributed by atoms with Crippen LogP contribution in [0.4, 0.5) is 8.78 Å². The summed E-state index contributed by atoms with van der Waals surface area (Å²) in [6.45, 7) is 6.00. The number of rotatable bonds is 4. The van der Waals surface area contributed by atoms with Crippen molar-refractivity contribution >= 4 is 0 Å². The number of hydrogen-bond acceptors (Lipinski definition) is 3. The molecule has 0 N–H and O–H groups in total. The van der Waals surface area contributed by atoms with Gasteiger partial charge in [0.2, 0.25) is 5.92 Å². The first-order valence-electron chi connectivity index (χ1n) is 8.64. The lowest BCUT2D eigenvalue weighted by molar-refractivity contribution is -0.0458. The average Bonchev–Trinajstić information content (AvgIpc) is 2.88. The zero-order chi connectivity index (χ0) is 17.3. The number of halogens is 2. The van der Waals surface area contributed by atoms with Crippen LogP contribution in [0.25, 0.3) is 5.82 Å². The van der Waals surface area contributed by atoms with Gasteiger partial charge in [-0.15, -0.1) is 0 Å². The standard InChI is InChI=1S/C18H24F2N4/c1-4-15-11-17(24-13(3)9-12(2)23-24)22-16(21-15)10-14-5-7-18(19,20)8-6-14/h9,11,14H,4-8,10H2,1-3H3. The summed E-state index contributed by atoms with van der Waals surface area (Å²) in [5, 5.41) is 4.49. The van der Waals surface area contributed by atoms with Crippen LogP contribution in [0.1, 0.15) is 55.5 Å². The van der Waals surface area contributed by atoms with Crippen molar-refractivity contribution in [2.24, 2.45) is 5.92 Å². The molecule has 2 aromatic heterocycles. The molecular formula is C18H24F2N4. The summed E-state index contributed by atoms with van der Waals surface area (Å²) in [6, 6.07) is 3.97. The largest absolute Gasteiger partial charge is 0.248 e. The fraction of sp³-hybridized carbons (Fsp3) is 0.611. The monoisotopic (exact) mass is 334 g/mol. The molecule has 0 aromatic carbocycles. The third-order valence-corrected chi connectivity index (χ3v) is 4.71. The molecule has 6 heteroatoms. The maximum atomic E-state index is 13.3. The first kappa shape index (κ1) is 17.0. The van der Waals surface area contributed by atoms with Crippen molar-refractivity contribution in [3.63, 3.8) is 0 Å². The molecule has 1 fully saturated rings. The van der Waals surface area contributed by atoms with Gasteiger partial charge in [0.15, 0.2) is 5.82 Å². The first-order chi connectivity index (χ1) is 11.4. The third-order valence-electron chi connectivity index (χ3n) is 4.71. The first-order valence-corrected chi connectivity index (χ1v) is 8.64. The molecule has 1 aliphatic carbocycles. The Morgan fingerprint density at radius 3 is 2.46 bits per heavy atom. The van der Waals surface area contributed by atoms with Gasteiger partial charge in [0.25, 0.3) is 0 Å². The van der Waals surface area contributed by atoms with Crippen LogP contribution in [0.2, 0.25) is 0 Å². The predicted octanol–water partition coefficient (Wildman–Crippen LogP) is 4.21. The molecule has 0 bridgehead atoms. The van der Waals surface area contributed by atoms with Crippen molar-refractivity contribution in [3.8, 4) is 5.82 Å². The minimum Gasteiger partial charge on any atom is -0.238 e. The normalized spacial score (nSPS) is 18.0. The van der Waals surface area contributed by atoms with E-state index in [-0.39, 0.29) is 18.8 Å². The molecule has 0 unspecified atom stereocenters. The Morgan fingerprint density at radius 2 is 1.88 bits per heavy atom. The number of hydrogen-bond donors (Lipinski definition) is 0. The highest BCUT2D eigenvalue weighted by Crippen LogP contribution is 2.37. The summed E-state index contributed by atoms with van der Waals surface area (Å²) in [5.74, 6) is -0.738. The van der Waals surface area contributed by atoms with Gasteiger partial charge in [-0.05, 0) is 45.1 Å². The molecule has 24 heavy (non-hydrogen) atoms. The van der Waals surface area contributed by atoms with E-state index in [1.165, 1.54) is 0 Å². The van der Waals surface area contributed by atoms with Gasteiger partial charge < -0.3 is 0 Å². The van der Waals surface area contributed by atoms with Crippen molar-refractivity contribution in [2.45, 2.75) is 65.2 Å². The van der Waals surface area contributed by atoms with Gasteiger partial charge in [-0.3, -0.25) is 0 Å². The van der Waals surface area contributed by atoms with Crippen molar-refractivity contribution in [1.29, 1.82) is 0 Å². The molecule has 0 saturated heterocycles. The van der Waals surface area contributed by atoms with E-state index >= 15 is 0 Å². The van der Waals surface area contributed by atoms with Crippen LogP contribution >= 0.6 is 0 Å². The smallest absolute Gasteiger partial charge is 0.238 e. The molecular weight excluding hydrogens is 310 g/mol. The average molecular weight is 334 g/mol. The van der Waals surface area contributed by atoms with Crippen LogP contribution in [0.5, 0.6) is 0 Å². The molecule has 3 rings (SSSR count). The summed E-state index contributed by atoms with van der Waals surface area (Å²) in [4.78, 5) is 9.26. The van der Waals surface area contributed by atoms with Gasteiger partial charge in [0, 0.05) is 36.7 Å². The van der Waals surface area contributed by atoms with Crippen molar-refractivity contribution < 1.29 is 8.78 Å². The van der Waals surface area contributed by atoms with Crippen LogP contribution in [0.15, 0.2) is 12.1 Å². The summed E-state index contributed by atoms with van der Waals surface area (Å²) in [6.07, 6.45) is 2.52. The summed E-state index contributed by atoms with van der Waals surface area (Å²) in [7, 11) is 0. The van der Waals surface area contributed by atoms with Gasteiger partial charge in [-0.1, -0.05) is 6.92 Å². The van der Waals surface area contributed by atoms with Crippen molar-refractivity contribution in [2.75, 3.05) is 0 Å². The molecule has 0 atom stereocenters. The van der Waals surface area contributed by atoms with Gasteiger partial charge in [0.1, 0.15) is 5.82 Å². The van der Waals surface area contributed by atoms with E-state index in [9.17, 15) is 8.78 Å². The second-order valence-electron chi connectivity index (χ2n) is 6.83. The van der Waals surface area contributed by atoms with E-state index in [4.69, 9.17) is 0 Å². The van der Waals surface area contributed by atoms with Crippen LogP contribution in [0, 0.1) is 19.8 Å². The van der Waals surface area contributed by atoms with Gasteiger partial charge >= 0.3 is 0 Å². The maximum absolute atomic E-state index is 13.3. The highest BCUT2D eigenvalue weighted by Gasteiger charge is 2.35. The summed E-state index contributed by atoms with van der Waals surface area (Å²) in [5.41, 5.74) is 2.93. The van der Waals surface area contributed by atoms with Crippen LogP contribution in [0.3, 0.4) is 0 Å². The van der Waals surface area contributed by atoms with Crippen LogP contribution < -0.4 is 0 Å². The number of nitrogens with zero attached hydrogens (tertiary/aromatic N) is 4. The second-order valence-corrected chi connectivity index (χ2v) is 6.83. The molecule has 0 aliphatic heterocycles. The highest BCUT2D eigenvalue weighted by molar-refractivity contribution is 5.28. The Balaban J connectivity index is 1.83. The third kappa shape index (κ3) is 3.79. The van der Waals surface area contributed by atoms with Crippen molar-refractivity contribution in [3.05, 3.63) is 35.0 Å². The van der Waals surface area contributed by atoms with E-state index in [2.05, 4.69) is 22.0 Å². The minimum absolute atomic E-state index is 0.0184. The lowest BCUT2D eigenvalue weighted by atomic mass is 9.84. The van der Waals surface area contributed by atoms with Crippen LogP contribution in [-0.2, 0) is 12.8 Å². The highest BCUT2D eigenvalue weighted by atomic mass is 19.3. The van der Waals surface area contributed by atoms with Crippen LogP contribution in [-0.4, -0.2) is 25.7 Å². The Morgan fingerprint density at radius 1 is 1.17 bits per heavy atom. The van der Waals surface area contributed by atoms with E-state index in [1.54, 1.807) is 0 Å². The minimum atomic E-state index is -2.49. The molecule has 130 valence electrons. The molecule has 1 saturated carbocycles.